The molecule has 3 saturated heterocycles. The number of hydrogen-bond donors (Lipinski definition) is 0. The lowest BCUT2D eigenvalue weighted by molar-refractivity contribution is -0.150. The molecule has 0 radical (unpaired) electrons. The standard InChI is InChI=1S/C26H36N2O3.C23H34N2O3.C3H8.C2H6/c29-24(27-15-6-2-7-16-27)21-11-12-23-22(19-21)26(14-5-8-18-31-26)25(30)28(23)17-13-20-9-3-1-4-10-20;1-4-5-14-25-18(2)22(28-16-9-15-27-3)20-17-19(10-11-21(20)25)23(26)24-12-7-6-8-13-24;1-3-2;1-2/h11-12,19-20H,1-10,13-18H2;10-11,17,22H,2,4-9,12-16H2,1,3H3;3H2,1-2H3;1-2H3. The minimum atomic E-state index is -0.877. The molecule has 4 fully saturated rings. The fourth-order valence-corrected chi connectivity index (χ4v) is 10.2. The van der Waals surface area contributed by atoms with Crippen LogP contribution in [0.1, 0.15) is 195 Å². The Labute approximate surface area is 387 Å². The molecule has 0 N–H and O–H groups in total. The monoisotopic (exact) mass is 885 g/mol. The van der Waals surface area contributed by atoms with Crippen LogP contribution in [0.5, 0.6) is 0 Å². The number of rotatable bonds is 13. The third-order valence-electron chi connectivity index (χ3n) is 13.6. The Morgan fingerprint density at radius 1 is 0.734 bits per heavy atom. The Morgan fingerprint density at radius 3 is 1.91 bits per heavy atom. The van der Waals surface area contributed by atoms with Gasteiger partial charge in [0.25, 0.3) is 17.7 Å². The number of hydrogen-bond acceptors (Lipinski definition) is 7. The van der Waals surface area contributed by atoms with Gasteiger partial charge in [-0.1, -0.05) is 86.1 Å². The van der Waals surface area contributed by atoms with Crippen LogP contribution < -0.4 is 9.80 Å². The summed E-state index contributed by atoms with van der Waals surface area (Å²) in [5, 5.41) is 0. The predicted octanol–water partition coefficient (Wildman–Crippen LogP) is 12.0. The van der Waals surface area contributed by atoms with Gasteiger partial charge in [-0.15, -0.1) is 0 Å². The van der Waals surface area contributed by atoms with Gasteiger partial charge in [0.2, 0.25) is 0 Å². The number of carbonyl (C=O) groups excluding carboxylic acids is 3. The zero-order valence-electron chi connectivity index (χ0n) is 40.9. The summed E-state index contributed by atoms with van der Waals surface area (Å²) in [6.07, 6.45) is 21.3. The third kappa shape index (κ3) is 12.6. The molecule has 1 aliphatic carbocycles. The number of piperidine rings is 2. The van der Waals surface area contributed by atoms with Crippen molar-refractivity contribution in [2.75, 3.05) is 76.0 Å². The van der Waals surface area contributed by atoms with Gasteiger partial charge < -0.3 is 33.8 Å². The molecule has 5 aliphatic heterocycles. The van der Waals surface area contributed by atoms with Gasteiger partial charge in [-0.05, 0) is 119 Å². The first-order chi connectivity index (χ1) is 31.3. The first-order valence-corrected chi connectivity index (χ1v) is 25.7. The fraction of sp³-hybridized carbons (Fsp3) is 0.685. The van der Waals surface area contributed by atoms with Gasteiger partial charge in [-0.25, -0.2) is 0 Å². The number of benzene rings is 2. The van der Waals surface area contributed by atoms with Gasteiger partial charge in [0, 0.05) is 93.2 Å². The van der Waals surface area contributed by atoms with Gasteiger partial charge in [-0.2, -0.15) is 0 Å². The topological polar surface area (TPSA) is 91.9 Å². The summed E-state index contributed by atoms with van der Waals surface area (Å²) in [5.74, 6) is 1.06. The number of nitrogens with zero attached hydrogens (tertiary/aromatic N) is 4. The Bertz CT molecular complexity index is 1770. The highest BCUT2D eigenvalue weighted by molar-refractivity contribution is 6.08. The lowest BCUT2D eigenvalue weighted by atomic mass is 9.86. The molecule has 64 heavy (non-hydrogen) atoms. The van der Waals surface area contributed by atoms with Crippen molar-refractivity contribution in [2.24, 2.45) is 5.92 Å². The summed E-state index contributed by atoms with van der Waals surface area (Å²) >= 11 is 0. The van der Waals surface area contributed by atoms with Gasteiger partial charge in [0.15, 0.2) is 5.60 Å². The van der Waals surface area contributed by atoms with E-state index in [-0.39, 0.29) is 23.8 Å². The van der Waals surface area contributed by atoms with E-state index in [0.717, 1.165) is 150 Å². The van der Waals surface area contributed by atoms with Crippen LogP contribution in [-0.4, -0.2) is 93.7 Å². The van der Waals surface area contributed by atoms with Crippen LogP contribution in [0.25, 0.3) is 0 Å². The maximum Gasteiger partial charge on any atom is 0.263 e. The second kappa shape index (κ2) is 26.4. The molecule has 10 heteroatoms. The minimum Gasteiger partial charge on any atom is -0.385 e. The van der Waals surface area contributed by atoms with E-state index in [1.807, 2.05) is 58.9 Å². The van der Waals surface area contributed by atoms with Gasteiger partial charge in [0.05, 0.1) is 12.3 Å². The number of amides is 3. The average molecular weight is 885 g/mol. The maximum absolute atomic E-state index is 13.7. The number of carbonyl (C=O) groups is 3. The quantitative estimate of drug-likeness (QED) is 0.185. The lowest BCUT2D eigenvalue weighted by Crippen LogP contribution is -2.45. The van der Waals surface area contributed by atoms with Crippen LogP contribution in [0.4, 0.5) is 11.4 Å². The van der Waals surface area contributed by atoms with E-state index in [4.69, 9.17) is 14.2 Å². The van der Waals surface area contributed by atoms with Crippen molar-refractivity contribution in [3.05, 3.63) is 70.9 Å². The highest BCUT2D eigenvalue weighted by Crippen LogP contribution is 2.49. The second-order valence-electron chi connectivity index (χ2n) is 18.4. The highest BCUT2D eigenvalue weighted by atomic mass is 16.5. The third-order valence-corrected chi connectivity index (χ3v) is 13.6. The van der Waals surface area contributed by atoms with Gasteiger partial charge in [-0.3, -0.25) is 14.4 Å². The van der Waals surface area contributed by atoms with E-state index in [0.29, 0.717) is 25.4 Å². The Kier molecular flexibility index (Phi) is 21.2. The molecule has 1 saturated carbocycles. The molecule has 2 unspecified atom stereocenters. The average Bonchev–Trinajstić information content (AvgIpc) is 3.74. The van der Waals surface area contributed by atoms with Crippen LogP contribution in [0.2, 0.25) is 0 Å². The van der Waals surface area contributed by atoms with E-state index in [1.54, 1.807) is 7.11 Å². The summed E-state index contributed by atoms with van der Waals surface area (Å²) in [5.41, 5.74) is 5.67. The van der Waals surface area contributed by atoms with Gasteiger partial charge in [0.1, 0.15) is 6.10 Å². The molecule has 2 aromatic rings. The maximum atomic E-state index is 13.7. The molecule has 0 bridgehead atoms. The summed E-state index contributed by atoms with van der Waals surface area (Å²) in [6, 6.07) is 12.0. The van der Waals surface area contributed by atoms with Crippen LogP contribution >= 0.6 is 0 Å². The molecular weight excluding hydrogens is 801 g/mol. The molecule has 6 aliphatic rings. The molecule has 0 aromatic heterocycles. The molecule has 2 atom stereocenters. The summed E-state index contributed by atoms with van der Waals surface area (Å²) < 4.78 is 17.6. The Hall–Kier alpha value is -3.73. The summed E-state index contributed by atoms with van der Waals surface area (Å²) in [6.45, 7) is 21.8. The van der Waals surface area contributed by atoms with Crippen molar-refractivity contribution in [2.45, 2.75) is 168 Å². The van der Waals surface area contributed by atoms with E-state index >= 15 is 0 Å². The normalized spacial score (nSPS) is 21.9. The second-order valence-corrected chi connectivity index (χ2v) is 18.4. The summed E-state index contributed by atoms with van der Waals surface area (Å²) in [7, 11) is 1.70. The molecule has 3 amide bonds. The van der Waals surface area contributed by atoms with Crippen molar-refractivity contribution in [3.63, 3.8) is 0 Å². The van der Waals surface area contributed by atoms with Crippen molar-refractivity contribution < 1.29 is 28.6 Å². The smallest absolute Gasteiger partial charge is 0.263 e. The summed E-state index contributed by atoms with van der Waals surface area (Å²) in [4.78, 5) is 48.0. The molecular formula is C54H84N4O6. The highest BCUT2D eigenvalue weighted by Gasteiger charge is 2.53. The van der Waals surface area contributed by atoms with Crippen LogP contribution in [-0.2, 0) is 24.6 Å². The number of fused-ring (bicyclic) bond motifs is 3. The van der Waals surface area contributed by atoms with Crippen molar-refractivity contribution in [1.29, 1.82) is 0 Å². The van der Waals surface area contributed by atoms with Crippen molar-refractivity contribution >= 4 is 29.1 Å². The molecule has 5 heterocycles. The van der Waals surface area contributed by atoms with Crippen LogP contribution in [0, 0.1) is 5.92 Å². The number of anilines is 2. The molecule has 356 valence electrons. The lowest BCUT2D eigenvalue weighted by Gasteiger charge is -2.33. The van der Waals surface area contributed by atoms with E-state index in [1.165, 1.54) is 51.4 Å². The molecule has 10 nitrogen and oxygen atoms in total. The largest absolute Gasteiger partial charge is 0.385 e. The Balaban J connectivity index is 0.000000220. The van der Waals surface area contributed by atoms with E-state index < -0.39 is 5.60 Å². The molecule has 8 rings (SSSR count). The molecule has 1 spiro atoms. The SMILES string of the molecule is C=C1C(OCCCOC)c2cc(C(=O)N3CCCCC3)ccc2N1CCCC.CC.CCC.O=C(c1ccc2c(c1)C1(CCCCO1)C(=O)N2CCC1CCCCC1)N1CCCCC1. The van der Waals surface area contributed by atoms with E-state index in [9.17, 15) is 14.4 Å². The zero-order chi connectivity index (χ0) is 45.9. The first kappa shape index (κ1) is 51.3. The van der Waals surface area contributed by atoms with Crippen molar-refractivity contribution in [1.82, 2.24) is 9.80 Å². The van der Waals surface area contributed by atoms with Gasteiger partial charge >= 0.3 is 0 Å². The number of ether oxygens (including phenoxy) is 3. The Morgan fingerprint density at radius 2 is 1.33 bits per heavy atom. The fourth-order valence-electron chi connectivity index (χ4n) is 10.2. The van der Waals surface area contributed by atoms with Crippen LogP contribution in [0.15, 0.2) is 48.7 Å². The molecule has 2 aromatic carbocycles. The predicted molar refractivity (Wildman–Crippen MR) is 261 cm³/mol. The van der Waals surface area contributed by atoms with E-state index in [2.05, 4.69) is 38.3 Å². The first-order valence-electron chi connectivity index (χ1n) is 25.7. The van der Waals surface area contributed by atoms with Crippen molar-refractivity contribution in [3.8, 4) is 0 Å². The van der Waals surface area contributed by atoms with Crippen LogP contribution in [0.3, 0.4) is 0 Å². The number of unbranched alkanes of at least 4 members (excludes halogenated alkanes) is 1. The number of likely N-dealkylation sites (tertiary alicyclic amines) is 2. The number of methoxy groups -OCH3 is 1. The minimum absolute atomic E-state index is 0.0978. The zero-order valence-corrected chi connectivity index (χ0v) is 40.9.